The van der Waals surface area contributed by atoms with Crippen molar-refractivity contribution in [1.29, 1.82) is 0 Å². The third kappa shape index (κ3) is 3.35. The van der Waals surface area contributed by atoms with E-state index in [0.29, 0.717) is 0 Å². The lowest BCUT2D eigenvalue weighted by Crippen LogP contribution is -2.18. The maximum Gasteiger partial charge on any atom is 0.149 e. The summed E-state index contributed by atoms with van der Waals surface area (Å²) in [5.41, 5.74) is 13.3. The van der Waals surface area contributed by atoms with Crippen LogP contribution in [0.5, 0.6) is 0 Å². The highest BCUT2D eigenvalue weighted by molar-refractivity contribution is 7.26. The Bertz CT molecular complexity index is 2530. The molecule has 0 N–H and O–H groups in total. The predicted octanol–water partition coefficient (Wildman–Crippen LogP) is 11.4. The number of fused-ring (bicyclic) bond motifs is 9. The first-order valence-electron chi connectivity index (χ1n) is 15.4. The van der Waals surface area contributed by atoms with E-state index in [1.807, 2.05) is 11.3 Å². The van der Waals surface area contributed by atoms with E-state index in [1.165, 1.54) is 59.1 Å². The fourth-order valence-electron chi connectivity index (χ4n) is 7.77. The summed E-state index contributed by atoms with van der Waals surface area (Å²) < 4.78 is 2.71. The van der Waals surface area contributed by atoms with Crippen molar-refractivity contribution in [3.8, 4) is 33.4 Å². The van der Waals surface area contributed by atoms with Crippen LogP contribution in [-0.4, -0.2) is 9.97 Å². The van der Waals surface area contributed by atoms with Crippen LogP contribution >= 0.6 is 11.3 Å². The molecule has 3 nitrogen and oxygen atoms in total. The van der Waals surface area contributed by atoms with E-state index in [0.717, 1.165) is 33.7 Å². The van der Waals surface area contributed by atoms with Gasteiger partial charge in [0.15, 0.2) is 0 Å². The molecule has 6 aromatic carbocycles. The fourth-order valence-corrected chi connectivity index (χ4v) is 9.03. The van der Waals surface area contributed by atoms with E-state index in [-0.39, 0.29) is 5.41 Å². The van der Waals surface area contributed by atoms with Gasteiger partial charge in [-0.05, 0) is 69.8 Å². The number of hydrogen-bond donors (Lipinski definition) is 0. The Kier molecular flexibility index (Phi) is 4.94. The third-order valence-corrected chi connectivity index (χ3v) is 11.1. The quantitative estimate of drug-likeness (QED) is 0.200. The molecule has 45 heavy (non-hydrogen) atoms. The van der Waals surface area contributed by atoms with Gasteiger partial charge in [0, 0.05) is 42.4 Å². The number of rotatable bonds is 2. The number of para-hydroxylation sites is 1. The molecule has 212 valence electrons. The summed E-state index contributed by atoms with van der Waals surface area (Å²) in [6.45, 7) is 4.72. The molecule has 0 saturated carbocycles. The number of aromatic nitrogens is 2. The molecule has 10 rings (SSSR count). The Morgan fingerprint density at radius 3 is 2.33 bits per heavy atom. The molecular weight excluding hydrogens is 567 g/mol. The number of thiophene rings is 1. The highest BCUT2D eigenvalue weighted by Gasteiger charge is 2.38. The Balaban J connectivity index is 1.23. The van der Waals surface area contributed by atoms with E-state index >= 15 is 0 Å². The molecule has 8 aromatic rings. The molecule has 3 heterocycles. The highest BCUT2D eigenvalue weighted by atomic mass is 32.1. The molecule has 0 bridgehead atoms. The molecule has 1 aliphatic heterocycles. The lowest BCUT2D eigenvalue weighted by Gasteiger charge is -2.32. The summed E-state index contributed by atoms with van der Waals surface area (Å²) >= 11 is 1.91. The summed E-state index contributed by atoms with van der Waals surface area (Å²) in [5, 5.41) is 3.76. The van der Waals surface area contributed by atoms with Crippen LogP contribution in [0.3, 0.4) is 0 Å². The molecule has 0 spiro atoms. The van der Waals surface area contributed by atoms with E-state index in [2.05, 4.69) is 140 Å². The molecule has 2 aliphatic rings. The van der Waals surface area contributed by atoms with E-state index in [4.69, 9.17) is 9.97 Å². The van der Waals surface area contributed by atoms with Gasteiger partial charge < -0.3 is 0 Å². The molecule has 0 unspecified atom stereocenters. The van der Waals surface area contributed by atoms with Crippen LogP contribution in [0.15, 0.2) is 128 Å². The van der Waals surface area contributed by atoms with E-state index < -0.39 is 0 Å². The van der Waals surface area contributed by atoms with Crippen LogP contribution in [0, 0.1) is 0 Å². The summed E-state index contributed by atoms with van der Waals surface area (Å²) in [6, 6.07) is 44.3. The Labute approximate surface area is 265 Å². The van der Waals surface area contributed by atoms with Gasteiger partial charge >= 0.3 is 0 Å². The van der Waals surface area contributed by atoms with Crippen LogP contribution in [0.1, 0.15) is 25.0 Å². The van der Waals surface area contributed by atoms with Gasteiger partial charge in [-0.2, -0.15) is 0 Å². The van der Waals surface area contributed by atoms with Crippen LogP contribution in [0.4, 0.5) is 17.2 Å². The van der Waals surface area contributed by atoms with Crippen molar-refractivity contribution in [2.45, 2.75) is 19.3 Å². The lowest BCUT2D eigenvalue weighted by molar-refractivity contribution is 0.661. The molecule has 0 saturated heterocycles. The largest absolute Gasteiger partial charge is 0.294 e. The standard InChI is InChI=1S/C41H27N3S/c1-41(2)32-18-16-26(22-31(32)37-33(41)19-17-29-28-13-7-9-15-36(28)45-39(29)37)44-35-14-8-6-12-27(35)30-20-25(24-10-4-3-5-11-24)21-34-38(30)40(44)43-23-42-34/h3-23H,1-2H3. The van der Waals surface area contributed by atoms with Crippen molar-refractivity contribution in [1.82, 2.24) is 9.97 Å². The highest BCUT2D eigenvalue weighted by Crippen LogP contribution is 2.56. The van der Waals surface area contributed by atoms with Crippen molar-refractivity contribution in [3.63, 3.8) is 0 Å². The van der Waals surface area contributed by atoms with Crippen LogP contribution < -0.4 is 4.90 Å². The molecule has 2 aromatic heterocycles. The Morgan fingerprint density at radius 1 is 0.622 bits per heavy atom. The molecule has 4 heteroatoms. The minimum absolute atomic E-state index is 0.0873. The maximum absolute atomic E-state index is 4.96. The molecule has 1 aliphatic carbocycles. The van der Waals surface area contributed by atoms with Crippen molar-refractivity contribution in [2.24, 2.45) is 0 Å². The first-order valence-corrected chi connectivity index (χ1v) is 16.2. The second kappa shape index (κ2) is 8.87. The van der Waals surface area contributed by atoms with Crippen LogP contribution in [0.25, 0.3) is 64.5 Å². The van der Waals surface area contributed by atoms with E-state index in [9.17, 15) is 0 Å². The van der Waals surface area contributed by atoms with Crippen LogP contribution in [-0.2, 0) is 5.41 Å². The lowest BCUT2D eigenvalue weighted by atomic mass is 9.82. The molecular formula is C41H27N3S. The van der Waals surface area contributed by atoms with Gasteiger partial charge in [0.1, 0.15) is 12.1 Å². The minimum Gasteiger partial charge on any atom is -0.294 e. The summed E-state index contributed by atoms with van der Waals surface area (Å²) in [7, 11) is 0. The van der Waals surface area contributed by atoms with Crippen molar-refractivity contribution in [2.75, 3.05) is 4.90 Å². The molecule has 0 fully saturated rings. The SMILES string of the molecule is CC1(C)c2ccc(N3c4ccccc4-c4cc(-c5ccccc5)cc5ncnc3c45)cc2-c2c1ccc1c2sc2ccccc21. The second-order valence-electron chi connectivity index (χ2n) is 12.7. The van der Waals surface area contributed by atoms with Gasteiger partial charge in [-0.1, -0.05) is 98.8 Å². The van der Waals surface area contributed by atoms with Crippen molar-refractivity contribution in [3.05, 3.63) is 139 Å². The van der Waals surface area contributed by atoms with Gasteiger partial charge in [0.2, 0.25) is 0 Å². The summed E-state index contributed by atoms with van der Waals surface area (Å²) in [5.74, 6) is 0.922. The fraction of sp³-hybridized carbons (Fsp3) is 0.0732. The molecule has 0 amide bonds. The monoisotopic (exact) mass is 593 g/mol. The van der Waals surface area contributed by atoms with Gasteiger partial charge in [-0.25, -0.2) is 9.97 Å². The van der Waals surface area contributed by atoms with Gasteiger partial charge in [-0.15, -0.1) is 11.3 Å². The van der Waals surface area contributed by atoms with E-state index in [1.54, 1.807) is 6.33 Å². The predicted molar refractivity (Wildman–Crippen MR) is 189 cm³/mol. The van der Waals surface area contributed by atoms with Gasteiger partial charge in [0.25, 0.3) is 0 Å². The Morgan fingerprint density at radius 2 is 1.42 bits per heavy atom. The number of nitrogens with zero attached hydrogens (tertiary/aromatic N) is 3. The second-order valence-corrected chi connectivity index (χ2v) is 13.7. The Hall–Kier alpha value is -5.32. The first-order chi connectivity index (χ1) is 22.1. The summed E-state index contributed by atoms with van der Waals surface area (Å²) in [4.78, 5) is 12.1. The van der Waals surface area contributed by atoms with Crippen molar-refractivity contribution >= 4 is 59.6 Å². The zero-order valence-corrected chi connectivity index (χ0v) is 25.7. The van der Waals surface area contributed by atoms with Crippen LogP contribution in [0.2, 0.25) is 0 Å². The van der Waals surface area contributed by atoms with Gasteiger partial charge in [-0.3, -0.25) is 4.90 Å². The number of hydrogen-bond acceptors (Lipinski definition) is 4. The first kappa shape index (κ1) is 25.1. The smallest absolute Gasteiger partial charge is 0.149 e. The van der Waals surface area contributed by atoms with Gasteiger partial charge in [0.05, 0.1) is 16.6 Å². The molecule has 0 radical (unpaired) electrons. The normalized spacial score (nSPS) is 14.1. The molecule has 0 atom stereocenters. The zero-order chi connectivity index (χ0) is 29.9. The maximum atomic E-state index is 4.96. The average Bonchev–Trinajstić information content (AvgIpc) is 3.57. The zero-order valence-electron chi connectivity index (χ0n) is 24.9. The summed E-state index contributed by atoms with van der Waals surface area (Å²) in [6.07, 6.45) is 1.71. The minimum atomic E-state index is -0.0873. The topological polar surface area (TPSA) is 29.0 Å². The van der Waals surface area contributed by atoms with Crippen molar-refractivity contribution < 1.29 is 0 Å². The average molecular weight is 594 g/mol. The number of anilines is 3. The number of benzene rings is 6. The third-order valence-electron chi connectivity index (χ3n) is 9.90.